The number of benzene rings is 1. The van der Waals surface area contributed by atoms with Crippen LogP contribution in [0, 0.1) is 0 Å². The van der Waals surface area contributed by atoms with Crippen LogP contribution < -0.4 is 0 Å². The van der Waals surface area contributed by atoms with Gasteiger partial charge in [-0.1, -0.05) is 23.4 Å². The summed E-state index contributed by atoms with van der Waals surface area (Å²) in [6, 6.07) is 4.78. The largest absolute Gasteiger partial charge is 0.505 e. The van der Waals surface area contributed by atoms with Crippen LogP contribution in [0.2, 0.25) is 5.02 Å². The fourth-order valence-electron chi connectivity index (χ4n) is 1.93. The van der Waals surface area contributed by atoms with Crippen LogP contribution >= 0.6 is 23.4 Å². The first-order valence-electron chi connectivity index (χ1n) is 6.17. The van der Waals surface area contributed by atoms with Crippen molar-refractivity contribution >= 4 is 39.4 Å². The molecule has 0 saturated carbocycles. The van der Waals surface area contributed by atoms with E-state index in [1.165, 1.54) is 19.2 Å². The zero-order valence-corrected chi connectivity index (χ0v) is 12.7. The van der Waals surface area contributed by atoms with Crippen molar-refractivity contribution < 1.29 is 20.1 Å². The number of aliphatic hydroxyl groups excluding tert-OH is 2. The Bertz CT molecular complexity index is 679. The molecule has 0 amide bonds. The Balaban J connectivity index is 2.37. The van der Waals surface area contributed by atoms with Crippen molar-refractivity contribution in [3.8, 4) is 5.75 Å². The lowest BCUT2D eigenvalue weighted by Crippen LogP contribution is -2.21. The summed E-state index contributed by atoms with van der Waals surface area (Å²) in [5, 5.41) is 31.0. The fourth-order valence-corrected chi connectivity index (χ4v) is 2.79. The van der Waals surface area contributed by atoms with Gasteiger partial charge in [0.25, 0.3) is 0 Å². The van der Waals surface area contributed by atoms with E-state index in [9.17, 15) is 20.1 Å². The van der Waals surface area contributed by atoms with Gasteiger partial charge in [0.05, 0.1) is 11.1 Å². The van der Waals surface area contributed by atoms with Crippen molar-refractivity contribution in [3.63, 3.8) is 0 Å². The highest BCUT2D eigenvalue weighted by molar-refractivity contribution is 8.13. The van der Waals surface area contributed by atoms with Gasteiger partial charge in [-0.05, 0) is 18.2 Å². The number of hydrogen-bond acceptors (Lipinski definition) is 6. The van der Waals surface area contributed by atoms with Crippen molar-refractivity contribution in [2.75, 3.05) is 5.75 Å². The van der Waals surface area contributed by atoms with Gasteiger partial charge in [0.15, 0.2) is 5.12 Å². The Kier molecular flexibility index (Phi) is 5.05. The molecular formula is C14H14ClNO4S. The number of aromatic nitrogens is 1. The van der Waals surface area contributed by atoms with Crippen LogP contribution in [-0.4, -0.2) is 37.3 Å². The number of carbonyl (C=O) groups excluding carboxylic acids is 1. The molecule has 21 heavy (non-hydrogen) atoms. The predicted octanol–water partition coefficient (Wildman–Crippen LogP) is 2.27. The van der Waals surface area contributed by atoms with Gasteiger partial charge in [0.2, 0.25) is 0 Å². The first kappa shape index (κ1) is 16.0. The Labute approximate surface area is 130 Å². The number of carbonyl (C=O) groups is 1. The Morgan fingerprint density at radius 2 is 2.19 bits per heavy atom. The molecule has 0 spiro atoms. The smallest absolute Gasteiger partial charge is 0.185 e. The molecule has 2 atom stereocenters. The number of hydrogen-bond donors (Lipinski definition) is 3. The molecule has 5 nitrogen and oxygen atoms in total. The minimum Gasteiger partial charge on any atom is -0.505 e. The topological polar surface area (TPSA) is 90.7 Å². The summed E-state index contributed by atoms with van der Waals surface area (Å²) in [4.78, 5) is 14.9. The fraction of sp³-hybridized carbons (Fsp3) is 0.286. The van der Waals surface area contributed by atoms with Gasteiger partial charge in [-0.15, -0.1) is 0 Å². The van der Waals surface area contributed by atoms with E-state index in [4.69, 9.17) is 11.6 Å². The van der Waals surface area contributed by atoms with E-state index in [1.807, 2.05) is 0 Å². The Hall–Kier alpha value is -1.34. The van der Waals surface area contributed by atoms with E-state index < -0.39 is 12.2 Å². The molecule has 0 aliphatic heterocycles. The molecule has 2 unspecified atom stereocenters. The molecule has 0 saturated heterocycles. The summed E-state index contributed by atoms with van der Waals surface area (Å²) in [5.74, 6) is -0.206. The summed E-state index contributed by atoms with van der Waals surface area (Å²) in [6.07, 6.45) is -1.07. The average Bonchev–Trinajstić information content (AvgIpc) is 2.47. The second-order valence-electron chi connectivity index (χ2n) is 4.51. The summed E-state index contributed by atoms with van der Waals surface area (Å²) in [6.45, 7) is 1.37. The van der Waals surface area contributed by atoms with E-state index in [0.29, 0.717) is 10.4 Å². The SMILES string of the molecule is CC(=O)SCC(O)C(O)c1cc(Cl)c2cccnc2c1O. The van der Waals surface area contributed by atoms with E-state index in [1.54, 1.807) is 12.1 Å². The molecule has 1 aromatic heterocycles. The monoisotopic (exact) mass is 327 g/mol. The third kappa shape index (κ3) is 3.47. The third-order valence-corrected chi connectivity index (χ3v) is 4.21. The van der Waals surface area contributed by atoms with Crippen molar-refractivity contribution in [1.29, 1.82) is 0 Å². The molecule has 1 heterocycles. The van der Waals surface area contributed by atoms with Crippen molar-refractivity contribution in [3.05, 3.63) is 35.0 Å². The molecular weight excluding hydrogens is 314 g/mol. The second-order valence-corrected chi connectivity index (χ2v) is 6.11. The molecule has 0 radical (unpaired) electrons. The average molecular weight is 328 g/mol. The maximum absolute atomic E-state index is 10.9. The summed E-state index contributed by atoms with van der Waals surface area (Å²) >= 11 is 7.00. The summed E-state index contributed by atoms with van der Waals surface area (Å²) in [7, 11) is 0. The zero-order valence-electron chi connectivity index (χ0n) is 11.2. The molecule has 0 aliphatic rings. The number of phenolic OH excluding ortho intramolecular Hbond substituents is 1. The normalized spacial score (nSPS) is 14.1. The highest BCUT2D eigenvalue weighted by atomic mass is 35.5. The van der Waals surface area contributed by atoms with Crippen LogP contribution in [0.5, 0.6) is 5.75 Å². The molecule has 0 fully saturated rings. The highest BCUT2D eigenvalue weighted by Crippen LogP contribution is 2.37. The van der Waals surface area contributed by atoms with Crippen LogP contribution in [0.25, 0.3) is 10.9 Å². The maximum atomic E-state index is 10.9. The quantitative estimate of drug-likeness (QED) is 0.798. The molecule has 2 rings (SSSR count). The molecule has 1 aromatic carbocycles. The molecule has 7 heteroatoms. The number of rotatable bonds is 4. The van der Waals surface area contributed by atoms with Gasteiger partial charge in [0, 0.05) is 29.8 Å². The van der Waals surface area contributed by atoms with Gasteiger partial charge in [-0.3, -0.25) is 9.78 Å². The van der Waals surface area contributed by atoms with E-state index in [0.717, 1.165) is 11.8 Å². The van der Waals surface area contributed by atoms with Gasteiger partial charge < -0.3 is 15.3 Å². The number of pyridine rings is 1. The molecule has 2 aromatic rings. The van der Waals surface area contributed by atoms with E-state index in [2.05, 4.69) is 4.98 Å². The number of thioether (sulfide) groups is 1. The molecule has 0 aliphatic carbocycles. The van der Waals surface area contributed by atoms with Crippen molar-refractivity contribution in [2.24, 2.45) is 0 Å². The van der Waals surface area contributed by atoms with Gasteiger partial charge in [0.1, 0.15) is 17.4 Å². The molecule has 0 bridgehead atoms. The van der Waals surface area contributed by atoms with Gasteiger partial charge in [-0.2, -0.15) is 0 Å². The van der Waals surface area contributed by atoms with Crippen LogP contribution in [0.1, 0.15) is 18.6 Å². The Morgan fingerprint density at radius 3 is 2.86 bits per heavy atom. The number of halogens is 1. The minimum absolute atomic E-state index is 0.0216. The van der Waals surface area contributed by atoms with Crippen molar-refractivity contribution in [2.45, 2.75) is 19.1 Å². The van der Waals surface area contributed by atoms with Gasteiger partial charge in [-0.25, -0.2) is 0 Å². The first-order chi connectivity index (χ1) is 9.91. The lowest BCUT2D eigenvalue weighted by atomic mass is 10.0. The van der Waals surface area contributed by atoms with Crippen LogP contribution in [-0.2, 0) is 4.79 Å². The number of aliphatic hydroxyl groups is 2. The maximum Gasteiger partial charge on any atom is 0.185 e. The Morgan fingerprint density at radius 1 is 1.48 bits per heavy atom. The highest BCUT2D eigenvalue weighted by Gasteiger charge is 2.24. The number of fused-ring (bicyclic) bond motifs is 1. The molecule has 112 valence electrons. The standard InChI is InChI=1S/C14H14ClNO4S/c1-7(17)21-6-11(18)13(19)9-5-10(15)8-3-2-4-16-12(8)14(9)20/h2-5,11,13,18-20H,6H2,1H3. The number of aromatic hydroxyl groups is 1. The predicted molar refractivity (Wildman–Crippen MR) is 82.5 cm³/mol. The number of nitrogens with zero attached hydrogens (tertiary/aromatic N) is 1. The second kappa shape index (κ2) is 6.62. The number of phenols is 1. The summed E-state index contributed by atoms with van der Waals surface area (Å²) < 4.78 is 0. The zero-order chi connectivity index (χ0) is 15.6. The first-order valence-corrected chi connectivity index (χ1v) is 7.53. The third-order valence-electron chi connectivity index (χ3n) is 2.99. The lowest BCUT2D eigenvalue weighted by molar-refractivity contribution is -0.109. The lowest BCUT2D eigenvalue weighted by Gasteiger charge is -2.19. The van der Waals surface area contributed by atoms with Crippen LogP contribution in [0.3, 0.4) is 0 Å². The van der Waals surface area contributed by atoms with Crippen molar-refractivity contribution in [1.82, 2.24) is 4.98 Å². The van der Waals surface area contributed by atoms with E-state index >= 15 is 0 Å². The minimum atomic E-state index is -1.36. The molecule has 3 N–H and O–H groups in total. The summed E-state index contributed by atoms with van der Waals surface area (Å²) in [5.41, 5.74) is 0.341. The van der Waals surface area contributed by atoms with Gasteiger partial charge >= 0.3 is 0 Å². The van der Waals surface area contributed by atoms with Crippen LogP contribution in [0.4, 0.5) is 0 Å². The van der Waals surface area contributed by atoms with E-state index in [-0.39, 0.29) is 27.7 Å². The van der Waals surface area contributed by atoms with Crippen LogP contribution in [0.15, 0.2) is 24.4 Å².